The van der Waals surface area contributed by atoms with Crippen LogP contribution in [-0.2, 0) is 0 Å². The van der Waals surface area contributed by atoms with Gasteiger partial charge in [-0.1, -0.05) is 0 Å². The first-order valence-corrected chi connectivity index (χ1v) is 4.61. The Balaban J connectivity index is 2.55. The molecule has 7 heteroatoms. The van der Waals surface area contributed by atoms with E-state index < -0.39 is 17.1 Å². The Labute approximate surface area is 89.3 Å². The van der Waals surface area contributed by atoms with E-state index in [0.29, 0.717) is 11.4 Å². The molecule has 0 unspecified atom stereocenters. The maximum absolute atomic E-state index is 11.8. The molecule has 0 amide bonds. The number of aryl methyl sites for hydroxylation is 2. The van der Waals surface area contributed by atoms with E-state index in [1.54, 1.807) is 13.8 Å². The van der Waals surface area contributed by atoms with Gasteiger partial charge in [0.25, 0.3) is 11.1 Å². The van der Waals surface area contributed by atoms with Gasteiger partial charge in [-0.25, -0.2) is 4.79 Å². The average molecular weight is 222 g/mol. The van der Waals surface area contributed by atoms with Gasteiger partial charge in [0.2, 0.25) is 0 Å². The Kier molecular flexibility index (Phi) is 2.15. The van der Waals surface area contributed by atoms with Gasteiger partial charge in [-0.05, 0) is 13.8 Å². The molecule has 0 aliphatic rings. The van der Waals surface area contributed by atoms with E-state index in [1.807, 2.05) is 0 Å². The van der Waals surface area contributed by atoms with Gasteiger partial charge < -0.3 is 0 Å². The van der Waals surface area contributed by atoms with E-state index in [1.165, 1.54) is 12.1 Å². The number of carbonyl (C=O) groups is 1. The minimum Gasteiger partial charge on any atom is -0.291 e. The zero-order valence-corrected chi connectivity index (χ0v) is 8.77. The molecule has 0 bridgehead atoms. The fourth-order valence-electron chi connectivity index (χ4n) is 1.41. The fraction of sp³-hybridized carbons (Fsp3) is 0.222. The largest absolute Gasteiger partial charge is 0.372 e. The zero-order valence-electron chi connectivity index (χ0n) is 8.77. The second kappa shape index (κ2) is 3.37. The van der Waals surface area contributed by atoms with Gasteiger partial charge >= 0.3 is 6.03 Å². The number of rotatable bonds is 0. The van der Waals surface area contributed by atoms with Crippen molar-refractivity contribution in [2.45, 2.75) is 13.8 Å². The van der Waals surface area contributed by atoms with Crippen molar-refractivity contribution >= 4 is 6.03 Å². The molecule has 2 aromatic rings. The topological polar surface area (TPSA) is 92.7 Å². The molecule has 0 saturated heterocycles. The normalized spacial score (nSPS) is 10.6. The highest BCUT2D eigenvalue weighted by atomic mass is 16.2. The van der Waals surface area contributed by atoms with Crippen LogP contribution in [0.15, 0.2) is 21.7 Å². The number of H-pyrrole nitrogens is 2. The Hall–Kier alpha value is -2.31. The highest BCUT2D eigenvalue weighted by Crippen LogP contribution is 1.90. The number of aromatic nitrogens is 4. The molecule has 0 radical (unpaired) electrons. The number of hydrogen-bond acceptors (Lipinski definition) is 3. The first-order chi connectivity index (χ1) is 7.49. The lowest BCUT2D eigenvalue weighted by molar-refractivity contribution is 0.236. The monoisotopic (exact) mass is 222 g/mol. The summed E-state index contributed by atoms with van der Waals surface area (Å²) in [6.07, 6.45) is 0. The van der Waals surface area contributed by atoms with Crippen LogP contribution < -0.4 is 11.1 Å². The summed E-state index contributed by atoms with van der Waals surface area (Å²) in [5.74, 6) is 0. The van der Waals surface area contributed by atoms with Gasteiger partial charge in [-0.2, -0.15) is 9.36 Å². The van der Waals surface area contributed by atoms with E-state index in [2.05, 4.69) is 10.2 Å². The predicted molar refractivity (Wildman–Crippen MR) is 55.8 cm³/mol. The van der Waals surface area contributed by atoms with Crippen molar-refractivity contribution in [1.29, 1.82) is 0 Å². The lowest BCUT2D eigenvalue weighted by atomic mass is 10.5. The minimum atomic E-state index is -0.754. The lowest BCUT2D eigenvalue weighted by Gasteiger charge is -1.99. The smallest absolute Gasteiger partial charge is 0.291 e. The Morgan fingerprint density at radius 3 is 1.62 bits per heavy atom. The Morgan fingerprint density at radius 1 is 1.00 bits per heavy atom. The van der Waals surface area contributed by atoms with E-state index in [4.69, 9.17) is 0 Å². The Morgan fingerprint density at radius 2 is 1.38 bits per heavy atom. The molecule has 0 spiro atoms. The molecule has 0 fully saturated rings. The van der Waals surface area contributed by atoms with E-state index >= 15 is 0 Å². The number of carbonyl (C=O) groups excluding carboxylic acids is 1. The summed E-state index contributed by atoms with van der Waals surface area (Å²) < 4.78 is 1.54. The van der Waals surface area contributed by atoms with Crippen LogP contribution in [0.5, 0.6) is 0 Å². The van der Waals surface area contributed by atoms with Crippen molar-refractivity contribution in [3.05, 3.63) is 44.2 Å². The fourth-order valence-corrected chi connectivity index (χ4v) is 1.41. The van der Waals surface area contributed by atoms with Crippen molar-refractivity contribution in [2.75, 3.05) is 0 Å². The second-order valence-electron chi connectivity index (χ2n) is 3.51. The van der Waals surface area contributed by atoms with Crippen LogP contribution in [-0.4, -0.2) is 25.6 Å². The van der Waals surface area contributed by atoms with Crippen molar-refractivity contribution in [3.63, 3.8) is 0 Å². The van der Waals surface area contributed by atoms with Crippen molar-refractivity contribution in [3.8, 4) is 0 Å². The molecule has 0 atom stereocenters. The Bertz CT molecular complexity index is 599. The molecular formula is C9H10N4O3. The summed E-state index contributed by atoms with van der Waals surface area (Å²) in [5, 5.41) is 5.11. The molecule has 0 aromatic carbocycles. The van der Waals surface area contributed by atoms with Crippen LogP contribution in [0.3, 0.4) is 0 Å². The highest BCUT2D eigenvalue weighted by molar-refractivity contribution is 5.77. The van der Waals surface area contributed by atoms with Crippen LogP contribution >= 0.6 is 0 Å². The molecule has 0 aliphatic heterocycles. The molecule has 2 N–H and O–H groups in total. The quantitative estimate of drug-likeness (QED) is 0.646. The first kappa shape index (κ1) is 10.2. The van der Waals surface area contributed by atoms with Gasteiger partial charge in [-0.15, -0.1) is 0 Å². The number of aromatic amines is 2. The standard InChI is InChI=1S/C9H10N4O3/c1-5-3-7(14)12(10-5)9(16)13-8(15)4-6(2)11-13/h3-4,10-11H,1-2H3. The molecule has 2 heterocycles. The molecule has 16 heavy (non-hydrogen) atoms. The maximum atomic E-state index is 11.8. The number of nitrogens with zero attached hydrogens (tertiary/aromatic N) is 2. The third-order valence-electron chi connectivity index (χ3n) is 2.08. The summed E-state index contributed by atoms with van der Waals surface area (Å²) in [6, 6.07) is 1.80. The van der Waals surface area contributed by atoms with Crippen LogP contribution in [0.1, 0.15) is 11.4 Å². The summed E-state index contributed by atoms with van der Waals surface area (Å²) in [5.41, 5.74) is 0.104. The highest BCUT2D eigenvalue weighted by Gasteiger charge is 2.14. The SMILES string of the molecule is Cc1cc(=O)n(C(=O)n2[nH]c(C)cc2=O)[nH]1. The van der Waals surface area contributed by atoms with Gasteiger partial charge in [0.05, 0.1) is 0 Å². The average Bonchev–Trinajstić information content (AvgIpc) is 2.68. The molecule has 84 valence electrons. The van der Waals surface area contributed by atoms with Gasteiger partial charge in [0, 0.05) is 23.5 Å². The van der Waals surface area contributed by atoms with E-state index in [9.17, 15) is 14.4 Å². The molecule has 2 rings (SSSR count). The van der Waals surface area contributed by atoms with Gasteiger partial charge in [0.1, 0.15) is 0 Å². The van der Waals surface area contributed by atoms with Crippen LogP contribution in [0.4, 0.5) is 4.79 Å². The predicted octanol–water partition coefficient (Wildman–Crippen LogP) is -0.201. The molecule has 0 saturated carbocycles. The molecular weight excluding hydrogens is 212 g/mol. The summed E-state index contributed by atoms with van der Waals surface area (Å²) in [6.45, 7) is 3.29. The van der Waals surface area contributed by atoms with E-state index in [-0.39, 0.29) is 0 Å². The summed E-state index contributed by atoms with van der Waals surface area (Å²) in [7, 11) is 0. The third kappa shape index (κ3) is 1.52. The van der Waals surface area contributed by atoms with Crippen LogP contribution in [0, 0.1) is 13.8 Å². The first-order valence-electron chi connectivity index (χ1n) is 4.61. The molecule has 2 aromatic heterocycles. The minimum absolute atomic E-state index is 0.498. The summed E-state index contributed by atoms with van der Waals surface area (Å²) >= 11 is 0. The molecule has 0 aliphatic carbocycles. The van der Waals surface area contributed by atoms with Gasteiger partial charge in [-0.3, -0.25) is 19.8 Å². The number of nitrogens with one attached hydrogen (secondary N) is 2. The van der Waals surface area contributed by atoms with Crippen LogP contribution in [0.25, 0.3) is 0 Å². The van der Waals surface area contributed by atoms with Crippen molar-refractivity contribution < 1.29 is 4.79 Å². The van der Waals surface area contributed by atoms with Crippen molar-refractivity contribution in [1.82, 2.24) is 19.6 Å². The maximum Gasteiger partial charge on any atom is 0.372 e. The lowest BCUT2D eigenvalue weighted by Crippen LogP contribution is -2.35. The molecule has 7 nitrogen and oxygen atoms in total. The third-order valence-corrected chi connectivity index (χ3v) is 2.08. The summed E-state index contributed by atoms with van der Waals surface area (Å²) in [4.78, 5) is 34.5. The second-order valence-corrected chi connectivity index (χ2v) is 3.51. The van der Waals surface area contributed by atoms with Gasteiger partial charge in [0.15, 0.2) is 0 Å². The van der Waals surface area contributed by atoms with Crippen molar-refractivity contribution in [2.24, 2.45) is 0 Å². The van der Waals surface area contributed by atoms with E-state index in [0.717, 1.165) is 9.36 Å². The number of hydrogen-bond donors (Lipinski definition) is 2. The van der Waals surface area contributed by atoms with Crippen LogP contribution in [0.2, 0.25) is 0 Å². The zero-order chi connectivity index (χ0) is 11.9.